The number of halogens is 6. The van der Waals surface area contributed by atoms with Crippen LogP contribution in [0.5, 0.6) is 0 Å². The molecule has 7 heteroatoms. The van der Waals surface area contributed by atoms with Gasteiger partial charge >= 0.3 is 12.2 Å². The molecule has 0 heterocycles. The highest BCUT2D eigenvalue weighted by Gasteiger charge is 2.28. The Labute approximate surface area is 120 Å². The lowest BCUT2D eigenvalue weighted by Gasteiger charge is -2.22. The van der Waals surface area contributed by atoms with Gasteiger partial charge in [-0.2, -0.15) is 17.6 Å². The smallest absolute Gasteiger partial charge is 0.304 e. The average molecular weight is 318 g/mol. The standard InChI is InChI=1S/C14H20F6O/c1-3-5-7-9(11(15)13(17)18)21-10(8-6-4-2)12(16)14(19)20/h9-10H,3-8H2,1-2H3. The lowest BCUT2D eigenvalue weighted by molar-refractivity contribution is -0.0111. The van der Waals surface area contributed by atoms with Gasteiger partial charge in [-0.25, -0.2) is 8.78 Å². The first-order chi connectivity index (χ1) is 9.84. The zero-order valence-corrected chi connectivity index (χ0v) is 12.1. The van der Waals surface area contributed by atoms with Crippen LogP contribution in [0.4, 0.5) is 26.3 Å². The molecule has 0 N–H and O–H groups in total. The van der Waals surface area contributed by atoms with E-state index in [4.69, 9.17) is 4.74 Å². The van der Waals surface area contributed by atoms with Crippen LogP contribution in [0.3, 0.4) is 0 Å². The Morgan fingerprint density at radius 1 is 0.714 bits per heavy atom. The molecule has 0 bridgehead atoms. The van der Waals surface area contributed by atoms with Crippen molar-refractivity contribution in [1.29, 1.82) is 0 Å². The molecule has 0 radical (unpaired) electrons. The predicted molar refractivity (Wildman–Crippen MR) is 68.4 cm³/mol. The van der Waals surface area contributed by atoms with Gasteiger partial charge in [0, 0.05) is 0 Å². The fraction of sp³-hybridized carbons (Fsp3) is 0.714. The van der Waals surface area contributed by atoms with Gasteiger partial charge in [-0.15, -0.1) is 0 Å². The van der Waals surface area contributed by atoms with Gasteiger partial charge in [0.15, 0.2) is 11.7 Å². The largest absolute Gasteiger partial charge is 0.360 e. The third-order valence-corrected chi connectivity index (χ3v) is 2.89. The second kappa shape index (κ2) is 10.7. The highest BCUT2D eigenvalue weighted by molar-refractivity contribution is 5.04. The van der Waals surface area contributed by atoms with E-state index in [9.17, 15) is 26.3 Å². The molecule has 0 saturated carbocycles. The first kappa shape index (κ1) is 20.0. The topological polar surface area (TPSA) is 9.23 Å². The zero-order valence-electron chi connectivity index (χ0n) is 12.1. The van der Waals surface area contributed by atoms with E-state index in [2.05, 4.69) is 0 Å². The Kier molecular flexibility index (Phi) is 10.2. The molecule has 0 amide bonds. The second-order valence-corrected chi connectivity index (χ2v) is 4.61. The van der Waals surface area contributed by atoms with E-state index in [0.29, 0.717) is 25.7 Å². The maximum atomic E-state index is 13.3. The van der Waals surface area contributed by atoms with E-state index in [0.717, 1.165) is 0 Å². The van der Waals surface area contributed by atoms with Crippen LogP contribution in [0.2, 0.25) is 0 Å². The summed E-state index contributed by atoms with van der Waals surface area (Å²) in [5, 5.41) is 0. The Bertz CT molecular complexity index is 324. The number of rotatable bonds is 10. The van der Waals surface area contributed by atoms with Crippen LogP contribution in [-0.4, -0.2) is 12.2 Å². The molecule has 0 aliphatic carbocycles. The van der Waals surface area contributed by atoms with Gasteiger partial charge in [-0.3, -0.25) is 0 Å². The van der Waals surface area contributed by atoms with E-state index in [-0.39, 0.29) is 12.8 Å². The van der Waals surface area contributed by atoms with Crippen LogP contribution in [-0.2, 0) is 4.74 Å². The monoisotopic (exact) mass is 318 g/mol. The minimum absolute atomic E-state index is 0.122. The van der Waals surface area contributed by atoms with Gasteiger partial charge < -0.3 is 4.74 Å². The summed E-state index contributed by atoms with van der Waals surface area (Å²) in [6.45, 7) is 3.50. The molecule has 0 rings (SSSR count). The molecule has 0 aromatic rings. The summed E-state index contributed by atoms with van der Waals surface area (Å²) in [4.78, 5) is 0. The maximum absolute atomic E-state index is 13.3. The normalized spacial score (nSPS) is 13.7. The molecule has 0 aliphatic rings. The van der Waals surface area contributed by atoms with Crippen LogP contribution in [0.15, 0.2) is 23.8 Å². The highest BCUT2D eigenvalue weighted by atomic mass is 19.3. The zero-order chi connectivity index (χ0) is 16.4. The van der Waals surface area contributed by atoms with Crippen molar-refractivity contribution in [3.05, 3.63) is 23.8 Å². The summed E-state index contributed by atoms with van der Waals surface area (Å²) in [5.41, 5.74) is 0. The third kappa shape index (κ3) is 7.55. The number of unbranched alkanes of at least 4 members (excludes halogenated alkanes) is 2. The summed E-state index contributed by atoms with van der Waals surface area (Å²) in [6, 6.07) is 0. The van der Waals surface area contributed by atoms with Crippen LogP contribution in [0.25, 0.3) is 0 Å². The lowest BCUT2D eigenvalue weighted by atomic mass is 10.1. The summed E-state index contributed by atoms with van der Waals surface area (Å²) < 4.78 is 80.9. The molecule has 0 aliphatic heterocycles. The Balaban J connectivity index is 5.11. The molecular formula is C14H20F6O. The molecule has 0 saturated heterocycles. The maximum Gasteiger partial charge on any atom is 0.304 e. The summed E-state index contributed by atoms with van der Waals surface area (Å²) >= 11 is 0. The van der Waals surface area contributed by atoms with Crippen molar-refractivity contribution in [2.45, 2.75) is 64.6 Å². The van der Waals surface area contributed by atoms with E-state index in [1.165, 1.54) is 0 Å². The van der Waals surface area contributed by atoms with Crippen molar-refractivity contribution in [2.75, 3.05) is 0 Å². The van der Waals surface area contributed by atoms with Crippen molar-refractivity contribution >= 4 is 0 Å². The summed E-state index contributed by atoms with van der Waals surface area (Å²) in [5.74, 6) is -3.64. The quantitative estimate of drug-likeness (QED) is 0.431. The number of hydrogen-bond acceptors (Lipinski definition) is 1. The molecule has 0 aromatic carbocycles. The predicted octanol–water partition coefficient (Wildman–Crippen LogP) is 6.28. The summed E-state index contributed by atoms with van der Waals surface area (Å²) in [7, 11) is 0. The molecule has 2 unspecified atom stereocenters. The van der Waals surface area contributed by atoms with Crippen LogP contribution in [0.1, 0.15) is 52.4 Å². The lowest BCUT2D eigenvalue weighted by Crippen LogP contribution is -2.24. The number of hydrogen-bond donors (Lipinski definition) is 0. The van der Waals surface area contributed by atoms with E-state index in [1.54, 1.807) is 13.8 Å². The van der Waals surface area contributed by atoms with Gasteiger partial charge in [-0.1, -0.05) is 39.5 Å². The van der Waals surface area contributed by atoms with E-state index >= 15 is 0 Å². The van der Waals surface area contributed by atoms with Crippen molar-refractivity contribution in [3.63, 3.8) is 0 Å². The minimum atomic E-state index is -2.57. The van der Waals surface area contributed by atoms with Gasteiger partial charge in [0.2, 0.25) is 0 Å². The highest BCUT2D eigenvalue weighted by Crippen LogP contribution is 2.28. The van der Waals surface area contributed by atoms with Gasteiger partial charge in [0.25, 0.3) is 0 Å². The Hall–Kier alpha value is -0.980. The minimum Gasteiger partial charge on any atom is -0.360 e. The van der Waals surface area contributed by atoms with E-state index in [1.807, 2.05) is 0 Å². The first-order valence-electron chi connectivity index (χ1n) is 6.91. The second-order valence-electron chi connectivity index (χ2n) is 4.61. The fourth-order valence-corrected chi connectivity index (χ4v) is 1.73. The van der Waals surface area contributed by atoms with Crippen molar-refractivity contribution in [1.82, 2.24) is 0 Å². The van der Waals surface area contributed by atoms with Crippen molar-refractivity contribution < 1.29 is 31.1 Å². The molecular weight excluding hydrogens is 298 g/mol. The molecule has 0 aromatic heterocycles. The number of ether oxygens (including phenoxy) is 1. The molecule has 0 spiro atoms. The van der Waals surface area contributed by atoms with Gasteiger partial charge in [-0.05, 0) is 12.8 Å². The summed E-state index contributed by atoms with van der Waals surface area (Å²) in [6.07, 6.45) is -6.93. The van der Waals surface area contributed by atoms with Crippen molar-refractivity contribution in [3.8, 4) is 0 Å². The Morgan fingerprint density at radius 2 is 1.05 bits per heavy atom. The molecule has 21 heavy (non-hydrogen) atoms. The van der Waals surface area contributed by atoms with Crippen molar-refractivity contribution in [2.24, 2.45) is 0 Å². The third-order valence-electron chi connectivity index (χ3n) is 2.89. The van der Waals surface area contributed by atoms with Crippen LogP contribution < -0.4 is 0 Å². The fourth-order valence-electron chi connectivity index (χ4n) is 1.73. The van der Waals surface area contributed by atoms with Crippen LogP contribution in [0, 0.1) is 0 Å². The average Bonchev–Trinajstić information content (AvgIpc) is 2.44. The molecule has 124 valence electrons. The van der Waals surface area contributed by atoms with Gasteiger partial charge in [0.1, 0.15) is 12.2 Å². The molecule has 1 nitrogen and oxygen atoms in total. The van der Waals surface area contributed by atoms with Gasteiger partial charge in [0.05, 0.1) is 0 Å². The van der Waals surface area contributed by atoms with Crippen LogP contribution >= 0.6 is 0 Å². The molecule has 0 fully saturated rings. The SMILES string of the molecule is CCCCC(OC(CCCC)C(F)=C(F)F)C(F)=C(F)F. The Morgan fingerprint density at radius 3 is 1.29 bits per heavy atom. The van der Waals surface area contributed by atoms with E-state index < -0.39 is 36.0 Å². The molecule has 2 atom stereocenters. The first-order valence-corrected chi connectivity index (χ1v) is 6.91.